The van der Waals surface area contributed by atoms with Crippen molar-refractivity contribution >= 4 is 5.91 Å². The SMILES string of the molecule is C=CCNCC(=O)N[C@H](C)c1cccc(OC)c1. The Morgan fingerprint density at radius 3 is 3.00 bits per heavy atom. The van der Waals surface area contributed by atoms with Crippen molar-refractivity contribution in [1.29, 1.82) is 0 Å². The van der Waals surface area contributed by atoms with Crippen LogP contribution in [0.15, 0.2) is 36.9 Å². The summed E-state index contributed by atoms with van der Waals surface area (Å²) in [5.74, 6) is 0.755. The van der Waals surface area contributed by atoms with Crippen LogP contribution in [-0.4, -0.2) is 26.1 Å². The van der Waals surface area contributed by atoms with Crippen LogP contribution >= 0.6 is 0 Å². The molecule has 0 bridgehead atoms. The molecule has 98 valence electrons. The summed E-state index contributed by atoms with van der Waals surface area (Å²) in [4.78, 5) is 11.6. The van der Waals surface area contributed by atoms with Crippen molar-refractivity contribution in [2.24, 2.45) is 0 Å². The van der Waals surface area contributed by atoms with Crippen LogP contribution in [-0.2, 0) is 4.79 Å². The predicted molar refractivity (Wildman–Crippen MR) is 72.6 cm³/mol. The zero-order valence-electron chi connectivity index (χ0n) is 10.9. The monoisotopic (exact) mass is 248 g/mol. The Morgan fingerprint density at radius 2 is 2.33 bits per heavy atom. The number of rotatable bonds is 7. The van der Waals surface area contributed by atoms with E-state index in [2.05, 4.69) is 17.2 Å². The highest BCUT2D eigenvalue weighted by atomic mass is 16.5. The summed E-state index contributed by atoms with van der Waals surface area (Å²) in [7, 11) is 1.63. The van der Waals surface area contributed by atoms with Crippen LogP contribution in [0, 0.1) is 0 Å². The maximum absolute atomic E-state index is 11.6. The summed E-state index contributed by atoms with van der Waals surface area (Å²) >= 11 is 0. The summed E-state index contributed by atoms with van der Waals surface area (Å²) in [6, 6.07) is 7.63. The molecule has 0 radical (unpaired) electrons. The molecular formula is C14H20N2O2. The maximum Gasteiger partial charge on any atom is 0.234 e. The average Bonchev–Trinajstić information content (AvgIpc) is 2.39. The average molecular weight is 248 g/mol. The molecule has 0 heterocycles. The van der Waals surface area contributed by atoms with Gasteiger partial charge >= 0.3 is 0 Å². The first-order valence-corrected chi connectivity index (χ1v) is 5.92. The van der Waals surface area contributed by atoms with Crippen molar-refractivity contribution in [2.45, 2.75) is 13.0 Å². The molecule has 0 aliphatic rings. The highest BCUT2D eigenvalue weighted by Gasteiger charge is 2.09. The molecule has 0 aliphatic carbocycles. The standard InChI is InChI=1S/C14H20N2O2/c1-4-8-15-10-14(17)16-11(2)12-6-5-7-13(9-12)18-3/h4-7,9,11,15H,1,8,10H2,2-3H3,(H,16,17)/t11-/m1/s1. The maximum atomic E-state index is 11.6. The normalized spacial score (nSPS) is 11.7. The minimum Gasteiger partial charge on any atom is -0.497 e. The molecule has 0 unspecified atom stereocenters. The topological polar surface area (TPSA) is 50.4 Å². The Kier molecular flexibility index (Phi) is 5.94. The van der Waals surface area contributed by atoms with Gasteiger partial charge in [0.05, 0.1) is 19.7 Å². The highest BCUT2D eigenvalue weighted by molar-refractivity contribution is 5.78. The van der Waals surface area contributed by atoms with Gasteiger partial charge in [-0.05, 0) is 24.6 Å². The van der Waals surface area contributed by atoms with Crippen LogP contribution in [0.1, 0.15) is 18.5 Å². The Labute approximate surface area is 108 Å². The van der Waals surface area contributed by atoms with Crippen LogP contribution in [0.4, 0.5) is 0 Å². The van der Waals surface area contributed by atoms with E-state index in [1.54, 1.807) is 13.2 Å². The Morgan fingerprint density at radius 1 is 1.56 bits per heavy atom. The van der Waals surface area contributed by atoms with Gasteiger partial charge in [0.15, 0.2) is 0 Å². The zero-order chi connectivity index (χ0) is 13.4. The summed E-state index contributed by atoms with van der Waals surface area (Å²) in [6.45, 7) is 6.44. The number of hydrogen-bond acceptors (Lipinski definition) is 3. The van der Waals surface area contributed by atoms with Crippen LogP contribution in [0.3, 0.4) is 0 Å². The molecular weight excluding hydrogens is 228 g/mol. The molecule has 1 aromatic carbocycles. The number of carbonyl (C=O) groups excluding carboxylic acids is 1. The predicted octanol–water partition coefficient (Wildman–Crippen LogP) is 1.65. The Bertz CT molecular complexity index is 405. The fraction of sp³-hybridized carbons (Fsp3) is 0.357. The van der Waals surface area contributed by atoms with E-state index in [9.17, 15) is 4.79 Å². The molecule has 0 saturated carbocycles. The summed E-state index contributed by atoms with van der Waals surface area (Å²) in [5.41, 5.74) is 1.02. The van der Waals surface area contributed by atoms with Gasteiger partial charge in [0.1, 0.15) is 5.75 Å². The van der Waals surface area contributed by atoms with Gasteiger partial charge in [0, 0.05) is 6.54 Å². The lowest BCUT2D eigenvalue weighted by Gasteiger charge is -2.15. The third-order valence-electron chi connectivity index (χ3n) is 2.55. The molecule has 0 fully saturated rings. The van der Waals surface area contributed by atoms with E-state index in [4.69, 9.17) is 4.74 Å². The van der Waals surface area contributed by atoms with Gasteiger partial charge in [0.25, 0.3) is 0 Å². The van der Waals surface area contributed by atoms with E-state index in [0.29, 0.717) is 13.1 Å². The van der Waals surface area contributed by atoms with Crippen LogP contribution in [0.5, 0.6) is 5.75 Å². The minimum atomic E-state index is -0.0434. The highest BCUT2D eigenvalue weighted by Crippen LogP contribution is 2.18. The van der Waals surface area contributed by atoms with Crippen molar-refractivity contribution in [1.82, 2.24) is 10.6 Å². The second-order valence-electron chi connectivity index (χ2n) is 3.99. The number of methoxy groups -OCH3 is 1. The number of ether oxygens (including phenoxy) is 1. The van der Waals surface area contributed by atoms with Crippen LogP contribution < -0.4 is 15.4 Å². The molecule has 4 nitrogen and oxygen atoms in total. The van der Waals surface area contributed by atoms with E-state index < -0.39 is 0 Å². The molecule has 4 heteroatoms. The lowest BCUT2D eigenvalue weighted by molar-refractivity contribution is -0.120. The molecule has 0 saturated heterocycles. The van der Waals surface area contributed by atoms with Crippen LogP contribution in [0.25, 0.3) is 0 Å². The lowest BCUT2D eigenvalue weighted by atomic mass is 10.1. The van der Waals surface area contributed by atoms with Gasteiger partial charge in [-0.2, -0.15) is 0 Å². The summed E-state index contributed by atoms with van der Waals surface area (Å²) in [6.07, 6.45) is 1.72. The van der Waals surface area contributed by atoms with Gasteiger partial charge < -0.3 is 15.4 Å². The van der Waals surface area contributed by atoms with E-state index >= 15 is 0 Å². The molecule has 0 spiro atoms. The van der Waals surface area contributed by atoms with Crippen molar-refractivity contribution in [3.05, 3.63) is 42.5 Å². The smallest absolute Gasteiger partial charge is 0.234 e. The molecule has 0 aromatic heterocycles. The summed E-state index contributed by atoms with van der Waals surface area (Å²) < 4.78 is 5.15. The van der Waals surface area contributed by atoms with Gasteiger partial charge in [-0.15, -0.1) is 6.58 Å². The number of benzene rings is 1. The molecule has 0 aliphatic heterocycles. The number of carbonyl (C=O) groups is 1. The molecule has 1 rings (SSSR count). The van der Waals surface area contributed by atoms with Crippen molar-refractivity contribution < 1.29 is 9.53 Å². The van der Waals surface area contributed by atoms with Gasteiger partial charge in [-0.25, -0.2) is 0 Å². The first-order chi connectivity index (χ1) is 8.67. The largest absolute Gasteiger partial charge is 0.497 e. The third kappa shape index (κ3) is 4.59. The second kappa shape index (κ2) is 7.50. The van der Waals surface area contributed by atoms with Crippen molar-refractivity contribution in [3.8, 4) is 5.75 Å². The third-order valence-corrected chi connectivity index (χ3v) is 2.55. The molecule has 1 atom stereocenters. The van der Waals surface area contributed by atoms with E-state index in [0.717, 1.165) is 11.3 Å². The summed E-state index contributed by atoms with van der Waals surface area (Å²) in [5, 5.41) is 5.87. The van der Waals surface area contributed by atoms with Crippen LogP contribution in [0.2, 0.25) is 0 Å². The molecule has 2 N–H and O–H groups in total. The van der Waals surface area contributed by atoms with Crippen molar-refractivity contribution in [3.63, 3.8) is 0 Å². The molecule has 18 heavy (non-hydrogen) atoms. The lowest BCUT2D eigenvalue weighted by Crippen LogP contribution is -2.35. The van der Waals surface area contributed by atoms with Crippen molar-refractivity contribution in [2.75, 3.05) is 20.2 Å². The zero-order valence-corrected chi connectivity index (χ0v) is 10.9. The number of amides is 1. The van der Waals surface area contributed by atoms with E-state index in [1.807, 2.05) is 31.2 Å². The quantitative estimate of drug-likeness (QED) is 0.570. The molecule has 1 amide bonds. The van der Waals surface area contributed by atoms with Gasteiger partial charge in [-0.1, -0.05) is 18.2 Å². The second-order valence-corrected chi connectivity index (χ2v) is 3.99. The number of nitrogens with one attached hydrogen (secondary N) is 2. The first-order valence-electron chi connectivity index (χ1n) is 5.92. The van der Waals surface area contributed by atoms with E-state index in [1.165, 1.54) is 0 Å². The van der Waals surface area contributed by atoms with E-state index in [-0.39, 0.29) is 11.9 Å². The first kappa shape index (κ1) is 14.3. The number of hydrogen-bond donors (Lipinski definition) is 2. The Hall–Kier alpha value is -1.81. The molecule has 1 aromatic rings. The fourth-order valence-corrected chi connectivity index (χ4v) is 1.57. The minimum absolute atomic E-state index is 0.0350. The van der Waals surface area contributed by atoms with Gasteiger partial charge in [0.2, 0.25) is 5.91 Å². The Balaban J connectivity index is 2.50. The fourth-order valence-electron chi connectivity index (χ4n) is 1.57. The van der Waals surface area contributed by atoms with Gasteiger partial charge in [-0.3, -0.25) is 4.79 Å².